The number of aromatic hydroxyl groups is 1. The van der Waals surface area contributed by atoms with Gasteiger partial charge in [-0.05, 0) is 38.8 Å². The van der Waals surface area contributed by atoms with Crippen LogP contribution in [-0.2, 0) is 0 Å². The fourth-order valence-electron chi connectivity index (χ4n) is 3.08. The molecule has 0 unspecified atom stereocenters. The van der Waals surface area contributed by atoms with E-state index in [4.69, 9.17) is 49.0 Å². The number of hydrogen-bond acceptors (Lipinski definition) is 5. The molecule has 1 heterocycles. The topological polar surface area (TPSA) is 65.0 Å². The standard InChI is InChI=1S/C20H17Cl3O5/c1-6-7(2)10-13(22)16(26-5)9(4)17-19(10)27-18-11(20(25)28-17)8(3)12(21)15(24)14(18)23/h6,24H,1-5H3/b7-6-. The van der Waals surface area contributed by atoms with Crippen LogP contribution in [0.1, 0.15) is 40.9 Å². The molecule has 5 nitrogen and oxygen atoms in total. The maximum atomic E-state index is 12.9. The normalized spacial score (nSPS) is 13.3. The Hall–Kier alpha value is -2.08. The molecular weight excluding hydrogens is 427 g/mol. The van der Waals surface area contributed by atoms with Crippen molar-refractivity contribution in [1.82, 2.24) is 0 Å². The van der Waals surface area contributed by atoms with Gasteiger partial charge >= 0.3 is 5.97 Å². The van der Waals surface area contributed by atoms with Crippen molar-refractivity contribution in [3.8, 4) is 28.7 Å². The van der Waals surface area contributed by atoms with Crippen molar-refractivity contribution in [3.05, 3.63) is 43.4 Å². The number of phenolic OH excluding ortho intramolecular Hbond substituents is 1. The summed E-state index contributed by atoms with van der Waals surface area (Å²) in [6.45, 7) is 6.93. The lowest BCUT2D eigenvalue weighted by Gasteiger charge is -2.20. The smallest absolute Gasteiger partial charge is 0.347 e. The lowest BCUT2D eigenvalue weighted by atomic mass is 10.0. The molecule has 28 heavy (non-hydrogen) atoms. The Bertz CT molecular complexity index is 1060. The van der Waals surface area contributed by atoms with Crippen molar-refractivity contribution in [3.63, 3.8) is 0 Å². The third-order valence-corrected chi connectivity index (χ3v) is 5.89. The molecule has 0 atom stereocenters. The number of hydrogen-bond donors (Lipinski definition) is 1. The second-order valence-electron chi connectivity index (χ2n) is 6.27. The summed E-state index contributed by atoms with van der Waals surface area (Å²) in [6, 6.07) is 0. The molecule has 0 fully saturated rings. The Labute approximate surface area is 177 Å². The van der Waals surface area contributed by atoms with Crippen LogP contribution < -0.4 is 14.2 Å². The van der Waals surface area contributed by atoms with Crippen LogP contribution in [0.15, 0.2) is 6.08 Å². The first kappa shape index (κ1) is 20.6. The number of methoxy groups -OCH3 is 1. The second kappa shape index (κ2) is 7.39. The van der Waals surface area contributed by atoms with Gasteiger partial charge in [0.2, 0.25) is 0 Å². The molecule has 0 spiro atoms. The highest BCUT2D eigenvalue weighted by Crippen LogP contribution is 2.55. The summed E-state index contributed by atoms with van der Waals surface area (Å²) >= 11 is 18.9. The molecule has 2 aromatic carbocycles. The van der Waals surface area contributed by atoms with Crippen molar-refractivity contribution in [2.24, 2.45) is 0 Å². The summed E-state index contributed by atoms with van der Waals surface area (Å²) in [5.41, 5.74) is 2.06. The lowest BCUT2D eigenvalue weighted by molar-refractivity contribution is 0.0735. The first-order valence-corrected chi connectivity index (χ1v) is 9.42. The van der Waals surface area contributed by atoms with Gasteiger partial charge in [-0.15, -0.1) is 0 Å². The molecule has 0 bridgehead atoms. The molecule has 0 amide bonds. The minimum atomic E-state index is -0.716. The summed E-state index contributed by atoms with van der Waals surface area (Å²) in [5, 5.41) is 10.3. The summed E-state index contributed by atoms with van der Waals surface area (Å²) in [4.78, 5) is 12.9. The first-order chi connectivity index (χ1) is 13.1. The van der Waals surface area contributed by atoms with Gasteiger partial charge in [0.1, 0.15) is 16.3 Å². The molecule has 2 aromatic rings. The van der Waals surface area contributed by atoms with Crippen LogP contribution in [0.2, 0.25) is 15.1 Å². The molecule has 1 aliphatic rings. The van der Waals surface area contributed by atoms with E-state index in [1.54, 1.807) is 13.8 Å². The molecule has 0 saturated heterocycles. The Morgan fingerprint density at radius 3 is 2.21 bits per heavy atom. The average molecular weight is 444 g/mol. The van der Waals surface area contributed by atoms with Crippen molar-refractivity contribution >= 4 is 46.3 Å². The Morgan fingerprint density at radius 2 is 1.64 bits per heavy atom. The summed E-state index contributed by atoms with van der Waals surface area (Å²) < 4.78 is 17.1. The second-order valence-corrected chi connectivity index (χ2v) is 7.41. The summed E-state index contributed by atoms with van der Waals surface area (Å²) in [5.74, 6) is -0.417. The fraction of sp³-hybridized carbons (Fsp3) is 0.250. The monoisotopic (exact) mass is 442 g/mol. The third-order valence-electron chi connectivity index (χ3n) is 4.71. The van der Waals surface area contributed by atoms with Crippen LogP contribution in [0.4, 0.5) is 0 Å². The number of fused-ring (bicyclic) bond motifs is 2. The van der Waals surface area contributed by atoms with E-state index in [2.05, 4.69) is 0 Å². The van der Waals surface area contributed by atoms with Gasteiger partial charge < -0.3 is 19.3 Å². The molecule has 1 aliphatic heterocycles. The average Bonchev–Trinajstić information content (AvgIpc) is 2.81. The largest absolute Gasteiger partial charge is 0.505 e. The van der Waals surface area contributed by atoms with Crippen LogP contribution in [0.5, 0.6) is 28.7 Å². The van der Waals surface area contributed by atoms with Crippen molar-refractivity contribution in [1.29, 1.82) is 0 Å². The number of allylic oxidation sites excluding steroid dienone is 2. The predicted octanol–water partition coefficient (Wildman–Crippen LogP) is 6.73. The van der Waals surface area contributed by atoms with Gasteiger partial charge in [-0.1, -0.05) is 40.9 Å². The molecule has 0 aromatic heterocycles. The van der Waals surface area contributed by atoms with E-state index >= 15 is 0 Å². The quantitative estimate of drug-likeness (QED) is 0.412. The lowest BCUT2D eigenvalue weighted by Crippen LogP contribution is -2.11. The molecule has 8 heteroatoms. The van der Waals surface area contributed by atoms with Crippen molar-refractivity contribution < 1.29 is 24.1 Å². The number of benzene rings is 2. The molecule has 148 valence electrons. The molecular formula is C20H17Cl3O5. The van der Waals surface area contributed by atoms with Gasteiger partial charge in [0, 0.05) is 11.1 Å². The van der Waals surface area contributed by atoms with Gasteiger partial charge in [0.25, 0.3) is 0 Å². The highest BCUT2D eigenvalue weighted by atomic mass is 35.5. The van der Waals surface area contributed by atoms with Crippen molar-refractivity contribution in [2.45, 2.75) is 27.7 Å². The molecule has 3 rings (SSSR count). The fourth-order valence-corrected chi connectivity index (χ4v) is 4.00. The van der Waals surface area contributed by atoms with Gasteiger partial charge in [0.05, 0.1) is 17.2 Å². The highest BCUT2D eigenvalue weighted by molar-refractivity contribution is 6.39. The van der Waals surface area contributed by atoms with E-state index < -0.39 is 5.97 Å². The molecule has 0 radical (unpaired) electrons. The number of phenols is 1. The van der Waals surface area contributed by atoms with E-state index in [1.807, 2.05) is 19.9 Å². The Kier molecular flexibility index (Phi) is 5.45. The number of carbonyl (C=O) groups excluding carboxylic acids is 1. The Balaban J connectivity index is 2.46. The SMILES string of the molecule is C/C=C(/C)c1c(Cl)c(OC)c(C)c2c1Oc1c(Cl)c(O)c(Cl)c(C)c1C(=O)O2. The highest BCUT2D eigenvalue weighted by Gasteiger charge is 2.35. The molecule has 0 saturated carbocycles. The van der Waals surface area contributed by atoms with Crippen LogP contribution in [0, 0.1) is 13.8 Å². The third kappa shape index (κ3) is 2.89. The van der Waals surface area contributed by atoms with Crippen LogP contribution in [0.3, 0.4) is 0 Å². The van der Waals surface area contributed by atoms with Gasteiger partial charge in [-0.3, -0.25) is 0 Å². The minimum Gasteiger partial charge on any atom is -0.505 e. The number of ether oxygens (including phenoxy) is 3. The number of halogens is 3. The van der Waals surface area contributed by atoms with Gasteiger partial charge in [-0.2, -0.15) is 0 Å². The van der Waals surface area contributed by atoms with E-state index in [1.165, 1.54) is 7.11 Å². The van der Waals surface area contributed by atoms with E-state index in [0.717, 1.165) is 5.57 Å². The number of esters is 1. The van der Waals surface area contributed by atoms with E-state index in [0.29, 0.717) is 21.9 Å². The maximum Gasteiger partial charge on any atom is 0.347 e. The van der Waals surface area contributed by atoms with Crippen molar-refractivity contribution in [2.75, 3.05) is 7.11 Å². The number of carbonyl (C=O) groups is 1. The maximum absolute atomic E-state index is 12.9. The zero-order chi connectivity index (χ0) is 20.9. The number of rotatable bonds is 2. The van der Waals surface area contributed by atoms with Crippen LogP contribution in [0.25, 0.3) is 5.57 Å². The van der Waals surface area contributed by atoms with E-state index in [-0.39, 0.29) is 44.2 Å². The Morgan fingerprint density at radius 1 is 1.00 bits per heavy atom. The van der Waals surface area contributed by atoms with Gasteiger partial charge in [-0.25, -0.2) is 4.79 Å². The van der Waals surface area contributed by atoms with Crippen LogP contribution >= 0.6 is 34.8 Å². The van der Waals surface area contributed by atoms with Crippen LogP contribution in [-0.4, -0.2) is 18.2 Å². The minimum absolute atomic E-state index is 0.0302. The first-order valence-electron chi connectivity index (χ1n) is 8.29. The summed E-state index contributed by atoms with van der Waals surface area (Å²) in [7, 11) is 1.47. The van der Waals surface area contributed by atoms with E-state index in [9.17, 15) is 9.90 Å². The zero-order valence-corrected chi connectivity index (χ0v) is 18.1. The predicted molar refractivity (Wildman–Crippen MR) is 110 cm³/mol. The molecule has 1 N–H and O–H groups in total. The summed E-state index contributed by atoms with van der Waals surface area (Å²) in [6.07, 6.45) is 1.83. The molecule has 0 aliphatic carbocycles. The van der Waals surface area contributed by atoms with Gasteiger partial charge in [0.15, 0.2) is 23.0 Å². The zero-order valence-electron chi connectivity index (χ0n) is 15.8.